The number of rotatable bonds is 13. The first-order valence-electron chi connectivity index (χ1n) is 31.5. The van der Waals surface area contributed by atoms with Gasteiger partial charge in [-0.3, -0.25) is 27.6 Å². The molecule has 476 valence electrons. The van der Waals surface area contributed by atoms with E-state index in [1.165, 1.54) is 21.1 Å². The van der Waals surface area contributed by atoms with E-state index in [0.717, 1.165) is 154 Å². The van der Waals surface area contributed by atoms with Crippen LogP contribution in [-0.2, 0) is 40.3 Å². The summed E-state index contributed by atoms with van der Waals surface area (Å²) in [6, 6.07) is 38.3. The van der Waals surface area contributed by atoms with Crippen LogP contribution in [-0.4, -0.2) is 123 Å². The molecule has 0 radical (unpaired) electrons. The van der Waals surface area contributed by atoms with E-state index in [2.05, 4.69) is 75.0 Å². The summed E-state index contributed by atoms with van der Waals surface area (Å²) in [5, 5.41) is 31.7. The van der Waals surface area contributed by atoms with Crippen molar-refractivity contribution >= 4 is 16.9 Å². The Kier molecular flexibility index (Phi) is 26.1. The zero-order valence-electron chi connectivity index (χ0n) is 53.7. The maximum atomic E-state index is 13.0. The second-order valence-corrected chi connectivity index (χ2v) is 24.5. The van der Waals surface area contributed by atoms with Crippen molar-refractivity contribution in [3.05, 3.63) is 244 Å². The monoisotopic (exact) mass is 1390 g/mol. The van der Waals surface area contributed by atoms with Gasteiger partial charge >= 0.3 is 21.1 Å². The van der Waals surface area contributed by atoms with Crippen LogP contribution in [0.25, 0.3) is 16.9 Å². The predicted molar refractivity (Wildman–Crippen MR) is 355 cm³/mol. The minimum absolute atomic E-state index is 0. The molecule has 3 aromatic carbocycles. The predicted octanol–water partition coefficient (Wildman–Crippen LogP) is 9.73. The smallest absolute Gasteiger partial charge is 0.504 e. The van der Waals surface area contributed by atoms with Gasteiger partial charge in [0, 0.05) is 72.0 Å². The van der Waals surface area contributed by atoms with Crippen LogP contribution in [0.2, 0.25) is 0 Å². The fraction of sp³-hybridized carbons (Fsp3) is 0.411. The molecule has 0 unspecified atom stereocenters. The van der Waals surface area contributed by atoms with Crippen LogP contribution >= 0.6 is 0 Å². The molecule has 0 spiro atoms. The number of aromatic nitrogens is 6. The number of piperidine rings is 3. The molecule has 0 bridgehead atoms. The van der Waals surface area contributed by atoms with E-state index in [4.69, 9.17) is 0 Å². The second-order valence-electron chi connectivity index (χ2n) is 24.5. The first kappa shape index (κ1) is 70.4. The van der Waals surface area contributed by atoms with Gasteiger partial charge in [0.2, 0.25) is 0 Å². The first-order valence-corrected chi connectivity index (χ1v) is 31.5. The van der Waals surface area contributed by atoms with Gasteiger partial charge < -0.3 is 41.9 Å². The summed E-state index contributed by atoms with van der Waals surface area (Å²) < 4.78 is 4.77. The van der Waals surface area contributed by atoms with Gasteiger partial charge in [-0.25, -0.2) is 15.0 Å². The number of nitrogens with zero attached hydrogens (tertiary/aromatic N) is 9. The summed E-state index contributed by atoms with van der Waals surface area (Å²) in [7, 11) is 0. The molecule has 3 aliphatic heterocycles. The number of hydrogen-bond acceptors (Lipinski definition) is 12. The Balaban J connectivity index is 0.000000183. The van der Waals surface area contributed by atoms with Gasteiger partial charge in [0.15, 0.2) is 11.4 Å². The van der Waals surface area contributed by atoms with E-state index >= 15 is 0 Å². The largest absolute Gasteiger partial charge is 2.00 e. The third kappa shape index (κ3) is 18.4. The van der Waals surface area contributed by atoms with Crippen molar-refractivity contribution < 1.29 is 41.9 Å². The molecule has 9 aromatic rings. The molecular formula is C73H91N9O7W. The van der Waals surface area contributed by atoms with Crippen molar-refractivity contribution in [1.29, 1.82) is 0 Å². The zero-order chi connectivity index (χ0) is 62.4. The third-order valence-corrected chi connectivity index (χ3v) is 17.9. The first-order chi connectivity index (χ1) is 42.4. The fourth-order valence-electron chi connectivity index (χ4n) is 12.4. The number of aliphatic hydroxyl groups excluding tert-OH is 2. The number of likely N-dealkylation sites (tertiary alicyclic amines) is 3. The molecule has 3 fully saturated rings. The minimum Gasteiger partial charge on any atom is -0.504 e. The average molecular weight is 1390 g/mol. The van der Waals surface area contributed by atoms with Crippen LogP contribution in [0.5, 0.6) is 5.75 Å². The van der Waals surface area contributed by atoms with Gasteiger partial charge in [-0.15, -0.1) is 0 Å². The van der Waals surface area contributed by atoms with Gasteiger partial charge in [0.1, 0.15) is 11.3 Å². The molecule has 9 heterocycles. The van der Waals surface area contributed by atoms with Gasteiger partial charge in [0.05, 0.1) is 12.2 Å². The van der Waals surface area contributed by atoms with E-state index in [-0.39, 0.29) is 54.9 Å². The maximum Gasteiger partial charge on any atom is 2.00 e. The molecule has 3 aliphatic rings. The number of aromatic hydroxyl groups is 1. The van der Waals surface area contributed by atoms with Gasteiger partial charge in [0.25, 0.3) is 16.7 Å². The molecule has 16 nitrogen and oxygen atoms in total. The second kappa shape index (κ2) is 33.3. The third-order valence-electron chi connectivity index (χ3n) is 17.9. The molecule has 2 atom stereocenters. The van der Waals surface area contributed by atoms with Crippen molar-refractivity contribution in [1.82, 2.24) is 42.9 Å². The maximum absolute atomic E-state index is 13.0. The Morgan fingerprint density at radius 1 is 0.500 bits per heavy atom. The van der Waals surface area contributed by atoms with Gasteiger partial charge in [-0.1, -0.05) is 78.7 Å². The van der Waals surface area contributed by atoms with Crippen molar-refractivity contribution in [2.75, 3.05) is 58.9 Å². The van der Waals surface area contributed by atoms with Crippen molar-refractivity contribution in [2.45, 2.75) is 125 Å². The summed E-state index contributed by atoms with van der Waals surface area (Å²) in [4.78, 5) is 59.3. The Bertz CT molecular complexity index is 3950. The van der Waals surface area contributed by atoms with E-state index in [1.807, 2.05) is 132 Å². The van der Waals surface area contributed by atoms with E-state index in [9.17, 15) is 29.7 Å². The molecule has 12 rings (SSSR count). The van der Waals surface area contributed by atoms with Gasteiger partial charge in [-0.2, -0.15) is 48.7 Å². The zero-order valence-corrected chi connectivity index (χ0v) is 56.7. The van der Waals surface area contributed by atoms with E-state index in [1.54, 1.807) is 27.3 Å². The number of hydrogen-bond donors (Lipinski definition) is 3. The van der Waals surface area contributed by atoms with Crippen LogP contribution in [0.15, 0.2) is 142 Å². The SMILES string of the molecule is Cc1cc[c-]cc1.Cc1ccc([C@H](O)C2CCN(CCc3c(C)nc4c(O)cc(C)cn4c3=O)CC2)cc1.Cc1ccc([C@H](O)C2CCN(CCc3c(C)nc4ccc(C)cn4c3=O)CC2)cc1.Cc1nc2ccccn2c(=O)c1CCN1CC[CH-]CC1.O.[W+2]. The number of fused-ring (bicyclic) bond motifs is 3. The molecule has 0 aliphatic carbocycles. The number of pyridine rings is 3. The van der Waals surface area contributed by atoms with Crippen LogP contribution in [0.3, 0.4) is 0 Å². The van der Waals surface area contributed by atoms with Crippen molar-refractivity contribution in [3.8, 4) is 5.75 Å². The Morgan fingerprint density at radius 2 is 0.911 bits per heavy atom. The Morgan fingerprint density at radius 3 is 1.39 bits per heavy atom. The van der Waals surface area contributed by atoms with Crippen molar-refractivity contribution in [3.63, 3.8) is 0 Å². The molecule has 17 heteroatoms. The average Bonchev–Trinajstić information content (AvgIpc) is 1.57. The molecule has 6 aromatic heterocycles. The van der Waals surface area contributed by atoms with Crippen LogP contribution in [0.4, 0.5) is 0 Å². The summed E-state index contributed by atoms with van der Waals surface area (Å²) in [6.45, 7) is 24.3. The normalized spacial score (nSPS) is 15.7. The molecule has 0 amide bonds. The molecular weight excluding hydrogens is 1300 g/mol. The topological polar surface area (TPSA) is 205 Å². The van der Waals surface area contributed by atoms with E-state index < -0.39 is 12.2 Å². The summed E-state index contributed by atoms with van der Waals surface area (Å²) in [6.07, 6.45) is 15.2. The standard InChI is InChI=1S/C25H31N3O3.C25H31N3O2.C16H20N3O.C7H7.H2O.W/c1-16-4-6-19(7-5-16)23(30)20-8-11-27(12-9-20)13-10-21-18(3)26-24-22(29)14-17(2)15-28(24)25(21)31;1-17-4-7-20(8-5-17)24(29)21-10-13-27(14-11-21)15-12-22-19(3)26-23-9-6-18(2)16-28(23)25(22)30;1-13-14(8-12-18-9-4-2-5-10-18)16(20)19-11-6-3-7-15(19)17-13;1-7-5-3-2-4-6-7;;/h4-7,14-15,20,23,29-30H,8-13H2,1-3H3;4-9,16,21,24,29H,10-15H2,1-3H3;2-3,6-7,11H,4-5,8-10,12H2,1H3;3-6H,1H3;1H2;/q;;2*-1;;+2/t23-;24-;;;;/m00..../s1. The minimum atomic E-state index is -0.421. The van der Waals surface area contributed by atoms with Crippen LogP contribution in [0, 0.1) is 79.7 Å². The quantitative estimate of drug-likeness (QED) is 0.0923. The van der Waals surface area contributed by atoms with Crippen LogP contribution in [0.1, 0.15) is 123 Å². The van der Waals surface area contributed by atoms with Gasteiger partial charge in [-0.05, 0) is 191 Å². The van der Waals surface area contributed by atoms with Crippen LogP contribution < -0.4 is 16.7 Å². The van der Waals surface area contributed by atoms with Crippen molar-refractivity contribution in [2.24, 2.45) is 11.8 Å². The number of benzene rings is 3. The molecule has 90 heavy (non-hydrogen) atoms. The molecule has 5 N–H and O–H groups in total. The number of aliphatic hydroxyl groups is 2. The Hall–Kier alpha value is -7.01. The van der Waals surface area contributed by atoms with E-state index in [0.29, 0.717) is 41.3 Å². The number of aryl methyl sites for hydroxylation is 8. The summed E-state index contributed by atoms with van der Waals surface area (Å²) >= 11 is 0. The summed E-state index contributed by atoms with van der Waals surface area (Å²) in [5.41, 5.74) is 14.1. The molecule has 0 saturated carbocycles. The summed E-state index contributed by atoms with van der Waals surface area (Å²) in [5.74, 6) is 0.585. The molecule has 3 saturated heterocycles. The Labute approximate surface area is 544 Å². The fourth-order valence-corrected chi connectivity index (χ4v) is 12.4.